The molecule has 1 heterocycles. The number of ketones is 1. The lowest BCUT2D eigenvalue weighted by Gasteiger charge is -2.32. The molecule has 21 heavy (non-hydrogen) atoms. The van der Waals surface area contributed by atoms with Crippen LogP contribution in [-0.4, -0.2) is 41.4 Å². The molecule has 0 N–H and O–H groups in total. The zero-order valence-electron chi connectivity index (χ0n) is 13.2. The molecule has 1 aromatic rings. The molecule has 1 atom stereocenters. The molecule has 1 aliphatic heterocycles. The van der Waals surface area contributed by atoms with Crippen LogP contribution in [0.5, 0.6) is 5.75 Å². The van der Waals surface area contributed by atoms with Crippen LogP contribution in [0.15, 0.2) is 18.2 Å². The van der Waals surface area contributed by atoms with Gasteiger partial charge in [0.25, 0.3) is 0 Å². The summed E-state index contributed by atoms with van der Waals surface area (Å²) in [6.45, 7) is 9.61. The van der Waals surface area contributed by atoms with Crippen LogP contribution in [0, 0.1) is 0 Å². The van der Waals surface area contributed by atoms with Gasteiger partial charge in [0.15, 0.2) is 5.78 Å². The third-order valence-electron chi connectivity index (χ3n) is 3.84. The molecule has 1 aromatic carbocycles. The molecule has 0 bridgehead atoms. The average Bonchev–Trinajstić information content (AvgIpc) is 2.49. The minimum Gasteiger partial charge on any atom is -0.494 e. The van der Waals surface area contributed by atoms with E-state index in [-0.39, 0.29) is 5.78 Å². The quantitative estimate of drug-likeness (QED) is 0.751. The lowest BCUT2D eigenvalue weighted by atomic mass is 10.1. The summed E-state index contributed by atoms with van der Waals surface area (Å²) < 4.78 is 5.72. The first-order valence-electron chi connectivity index (χ1n) is 7.74. The van der Waals surface area contributed by atoms with E-state index in [1.54, 1.807) is 6.92 Å². The highest BCUT2D eigenvalue weighted by atomic mass is 32.2. The Morgan fingerprint density at radius 1 is 1.43 bits per heavy atom. The second kappa shape index (κ2) is 7.85. The van der Waals surface area contributed by atoms with Gasteiger partial charge in [-0.1, -0.05) is 6.92 Å². The highest BCUT2D eigenvalue weighted by Gasteiger charge is 2.20. The molecular weight excluding hydrogens is 282 g/mol. The lowest BCUT2D eigenvalue weighted by molar-refractivity contribution is 0.101. The SMILES string of the molecule is CCOc1ccc(C(C)=O)cc1CN1CCSC(CC)C1. The van der Waals surface area contributed by atoms with Crippen molar-refractivity contribution >= 4 is 17.5 Å². The van der Waals surface area contributed by atoms with Crippen molar-refractivity contribution in [2.45, 2.75) is 39.0 Å². The predicted molar refractivity (Wildman–Crippen MR) is 89.4 cm³/mol. The van der Waals surface area contributed by atoms with Gasteiger partial charge >= 0.3 is 0 Å². The third-order valence-corrected chi connectivity index (χ3v) is 5.21. The monoisotopic (exact) mass is 307 g/mol. The van der Waals surface area contributed by atoms with Crippen LogP contribution < -0.4 is 4.74 Å². The lowest BCUT2D eigenvalue weighted by Crippen LogP contribution is -2.37. The summed E-state index contributed by atoms with van der Waals surface area (Å²) in [4.78, 5) is 14.1. The Kier molecular flexibility index (Phi) is 6.12. The Morgan fingerprint density at radius 2 is 2.24 bits per heavy atom. The Balaban J connectivity index is 2.15. The van der Waals surface area contributed by atoms with E-state index in [0.29, 0.717) is 6.61 Å². The van der Waals surface area contributed by atoms with Crippen molar-refractivity contribution in [3.63, 3.8) is 0 Å². The van der Waals surface area contributed by atoms with Crippen LogP contribution in [0.3, 0.4) is 0 Å². The van der Waals surface area contributed by atoms with Crippen molar-refractivity contribution in [3.8, 4) is 5.75 Å². The molecule has 0 amide bonds. The minimum atomic E-state index is 0.111. The first-order valence-corrected chi connectivity index (χ1v) is 8.79. The van der Waals surface area contributed by atoms with Gasteiger partial charge < -0.3 is 4.74 Å². The summed E-state index contributed by atoms with van der Waals surface area (Å²) in [6, 6.07) is 5.79. The normalized spacial score (nSPS) is 19.5. The Labute approximate surface area is 132 Å². The maximum Gasteiger partial charge on any atom is 0.159 e. The summed E-state index contributed by atoms with van der Waals surface area (Å²) >= 11 is 2.07. The molecule has 0 aliphatic carbocycles. The first kappa shape index (κ1) is 16.4. The van der Waals surface area contributed by atoms with E-state index in [0.717, 1.165) is 41.8 Å². The minimum absolute atomic E-state index is 0.111. The van der Waals surface area contributed by atoms with Crippen molar-refractivity contribution in [2.75, 3.05) is 25.4 Å². The molecule has 0 aromatic heterocycles. The second-order valence-corrected chi connectivity index (χ2v) is 6.86. The molecule has 0 radical (unpaired) electrons. The van der Waals surface area contributed by atoms with Crippen LogP contribution in [0.25, 0.3) is 0 Å². The molecule has 1 aliphatic rings. The Morgan fingerprint density at radius 3 is 2.90 bits per heavy atom. The highest BCUT2D eigenvalue weighted by Crippen LogP contribution is 2.26. The number of carbonyl (C=O) groups is 1. The molecule has 1 fully saturated rings. The zero-order valence-corrected chi connectivity index (χ0v) is 14.0. The van der Waals surface area contributed by atoms with E-state index < -0.39 is 0 Å². The van der Waals surface area contributed by atoms with Gasteiger partial charge in [0.2, 0.25) is 0 Å². The fraction of sp³-hybridized carbons (Fsp3) is 0.588. The van der Waals surface area contributed by atoms with Gasteiger partial charge in [0.1, 0.15) is 5.75 Å². The molecule has 4 heteroatoms. The topological polar surface area (TPSA) is 29.5 Å². The summed E-state index contributed by atoms with van der Waals surface area (Å²) in [7, 11) is 0. The van der Waals surface area contributed by atoms with Crippen LogP contribution >= 0.6 is 11.8 Å². The fourth-order valence-corrected chi connectivity index (χ4v) is 3.88. The number of carbonyl (C=O) groups excluding carboxylic acids is 1. The van der Waals surface area contributed by atoms with Gasteiger partial charge in [0, 0.05) is 41.8 Å². The number of rotatable bonds is 6. The number of hydrogen-bond donors (Lipinski definition) is 0. The van der Waals surface area contributed by atoms with Gasteiger partial charge in [-0.15, -0.1) is 0 Å². The van der Waals surface area contributed by atoms with E-state index in [2.05, 4.69) is 23.6 Å². The largest absolute Gasteiger partial charge is 0.494 e. The van der Waals surface area contributed by atoms with Crippen LogP contribution in [-0.2, 0) is 6.54 Å². The number of benzene rings is 1. The first-order chi connectivity index (χ1) is 10.1. The molecule has 3 nitrogen and oxygen atoms in total. The van der Waals surface area contributed by atoms with E-state index in [1.807, 2.05) is 25.1 Å². The molecule has 1 saturated heterocycles. The van der Waals surface area contributed by atoms with Gasteiger partial charge in [-0.05, 0) is 38.5 Å². The van der Waals surface area contributed by atoms with E-state index >= 15 is 0 Å². The maximum absolute atomic E-state index is 11.6. The Hall–Kier alpha value is -1.00. The fourth-order valence-electron chi connectivity index (χ4n) is 2.63. The van der Waals surface area contributed by atoms with Gasteiger partial charge in [-0.2, -0.15) is 11.8 Å². The number of hydrogen-bond acceptors (Lipinski definition) is 4. The number of Topliss-reactive ketones (excluding diaryl/α,β-unsaturated/α-hetero) is 1. The van der Waals surface area contributed by atoms with E-state index in [1.165, 1.54) is 12.2 Å². The summed E-state index contributed by atoms with van der Waals surface area (Å²) in [5, 5.41) is 0.727. The number of thioether (sulfide) groups is 1. The van der Waals surface area contributed by atoms with Crippen molar-refractivity contribution in [1.29, 1.82) is 0 Å². The van der Waals surface area contributed by atoms with Crippen LogP contribution in [0.1, 0.15) is 43.1 Å². The molecule has 0 spiro atoms. The van der Waals surface area contributed by atoms with E-state index in [4.69, 9.17) is 4.74 Å². The standard InChI is InChI=1S/C17H25NO2S/c1-4-16-12-18(8-9-21-16)11-15-10-14(13(3)19)6-7-17(15)20-5-2/h6-7,10,16H,4-5,8-9,11-12H2,1-3H3. The maximum atomic E-state index is 11.6. The smallest absolute Gasteiger partial charge is 0.159 e. The van der Waals surface area contributed by atoms with Crippen LogP contribution in [0.4, 0.5) is 0 Å². The summed E-state index contributed by atoms with van der Waals surface area (Å²) in [5.41, 5.74) is 1.90. The van der Waals surface area contributed by atoms with Gasteiger partial charge in [0.05, 0.1) is 6.61 Å². The molecule has 1 unspecified atom stereocenters. The number of ether oxygens (including phenoxy) is 1. The Bertz CT molecular complexity index is 490. The van der Waals surface area contributed by atoms with Crippen molar-refractivity contribution in [1.82, 2.24) is 4.90 Å². The van der Waals surface area contributed by atoms with Gasteiger partial charge in [-0.25, -0.2) is 0 Å². The molecule has 2 rings (SSSR count). The molecule has 0 saturated carbocycles. The zero-order chi connectivity index (χ0) is 15.2. The average molecular weight is 307 g/mol. The predicted octanol–water partition coefficient (Wildman–Crippen LogP) is 3.62. The highest BCUT2D eigenvalue weighted by molar-refractivity contribution is 8.00. The van der Waals surface area contributed by atoms with Crippen molar-refractivity contribution in [2.24, 2.45) is 0 Å². The van der Waals surface area contributed by atoms with Gasteiger partial charge in [-0.3, -0.25) is 9.69 Å². The van der Waals surface area contributed by atoms with E-state index in [9.17, 15) is 4.79 Å². The second-order valence-electron chi connectivity index (χ2n) is 5.45. The number of nitrogens with zero attached hydrogens (tertiary/aromatic N) is 1. The van der Waals surface area contributed by atoms with Crippen LogP contribution in [0.2, 0.25) is 0 Å². The summed E-state index contributed by atoms with van der Waals surface area (Å²) in [5.74, 6) is 2.21. The van der Waals surface area contributed by atoms with Crippen molar-refractivity contribution in [3.05, 3.63) is 29.3 Å². The third kappa shape index (κ3) is 4.48. The molecular formula is C17H25NO2S. The molecule has 116 valence electrons. The van der Waals surface area contributed by atoms with Crippen molar-refractivity contribution < 1.29 is 9.53 Å². The summed E-state index contributed by atoms with van der Waals surface area (Å²) in [6.07, 6.45) is 1.22.